The van der Waals surface area contributed by atoms with Crippen LogP contribution in [0.3, 0.4) is 0 Å². The van der Waals surface area contributed by atoms with Crippen LogP contribution in [-0.2, 0) is 23.0 Å². The van der Waals surface area contributed by atoms with Gasteiger partial charge in [-0.1, -0.05) is 6.07 Å². The maximum absolute atomic E-state index is 13.3. The van der Waals surface area contributed by atoms with Crippen molar-refractivity contribution in [2.45, 2.75) is 24.8 Å². The number of ether oxygens (including phenoxy) is 1. The first-order chi connectivity index (χ1) is 12.5. The Bertz CT molecular complexity index is 932. The average Bonchev–Trinajstić information content (AvgIpc) is 3.31. The van der Waals surface area contributed by atoms with Crippen molar-refractivity contribution in [2.24, 2.45) is 0 Å². The lowest BCUT2D eigenvalue weighted by Gasteiger charge is -2.22. The highest BCUT2D eigenvalue weighted by molar-refractivity contribution is 7.89. The van der Waals surface area contributed by atoms with E-state index in [1.165, 1.54) is 4.31 Å². The molecule has 0 amide bonds. The standard InChI is InChI=1S/C19H21NO4S2/c1-15-12-17(23-2)5-6-19(15)26(21,22)20(13-16-8-10-24-14-16)9-7-18-4-3-11-25-18/h3-6,8,10-12,14H,7,9,13H2,1-2H3. The van der Waals surface area contributed by atoms with Gasteiger partial charge in [0.15, 0.2) is 0 Å². The molecule has 0 atom stereocenters. The molecule has 1 aromatic carbocycles. The summed E-state index contributed by atoms with van der Waals surface area (Å²) in [5, 5.41) is 2.00. The topological polar surface area (TPSA) is 59.8 Å². The van der Waals surface area contributed by atoms with Gasteiger partial charge in [0, 0.05) is 23.5 Å². The Morgan fingerprint density at radius 3 is 2.69 bits per heavy atom. The van der Waals surface area contributed by atoms with Crippen molar-refractivity contribution in [3.05, 3.63) is 70.3 Å². The highest BCUT2D eigenvalue weighted by Gasteiger charge is 2.26. The number of benzene rings is 1. The maximum atomic E-state index is 13.3. The molecule has 2 heterocycles. The van der Waals surface area contributed by atoms with E-state index < -0.39 is 10.0 Å². The van der Waals surface area contributed by atoms with Gasteiger partial charge >= 0.3 is 0 Å². The Morgan fingerprint density at radius 1 is 1.23 bits per heavy atom. The van der Waals surface area contributed by atoms with E-state index in [0.29, 0.717) is 29.2 Å². The molecular formula is C19H21NO4S2. The van der Waals surface area contributed by atoms with Crippen molar-refractivity contribution in [3.63, 3.8) is 0 Å². The molecule has 2 aromatic heterocycles. The van der Waals surface area contributed by atoms with Crippen molar-refractivity contribution in [3.8, 4) is 5.75 Å². The molecule has 0 aliphatic carbocycles. The minimum Gasteiger partial charge on any atom is -0.497 e. The minimum atomic E-state index is -3.65. The first kappa shape index (κ1) is 18.7. The molecule has 7 heteroatoms. The fourth-order valence-corrected chi connectivity index (χ4v) is 5.07. The Balaban J connectivity index is 1.90. The number of thiophene rings is 1. The van der Waals surface area contributed by atoms with E-state index in [9.17, 15) is 8.42 Å². The lowest BCUT2D eigenvalue weighted by atomic mass is 10.2. The Morgan fingerprint density at radius 2 is 2.08 bits per heavy atom. The summed E-state index contributed by atoms with van der Waals surface area (Å²) in [5.41, 5.74) is 1.49. The molecule has 0 bridgehead atoms. The number of nitrogens with zero attached hydrogens (tertiary/aromatic N) is 1. The minimum absolute atomic E-state index is 0.273. The summed E-state index contributed by atoms with van der Waals surface area (Å²) >= 11 is 1.63. The number of sulfonamides is 1. The average molecular weight is 392 g/mol. The molecule has 0 saturated carbocycles. The van der Waals surface area contributed by atoms with Crippen LogP contribution < -0.4 is 4.74 Å². The number of furan rings is 1. The second-order valence-corrected chi connectivity index (χ2v) is 8.87. The molecule has 0 aliphatic heterocycles. The van der Waals surface area contributed by atoms with Gasteiger partial charge in [-0.3, -0.25) is 0 Å². The zero-order valence-corrected chi connectivity index (χ0v) is 16.3. The molecule has 0 unspecified atom stereocenters. The van der Waals surface area contributed by atoms with E-state index in [1.807, 2.05) is 17.5 Å². The SMILES string of the molecule is COc1ccc(S(=O)(=O)N(CCc2cccs2)Cc2ccoc2)c(C)c1. The summed E-state index contributed by atoms with van der Waals surface area (Å²) in [7, 11) is -2.08. The predicted molar refractivity (Wildman–Crippen MR) is 102 cm³/mol. The normalized spacial score (nSPS) is 11.8. The van der Waals surface area contributed by atoms with Crippen LogP contribution >= 0.6 is 11.3 Å². The Hall–Kier alpha value is -2.09. The van der Waals surface area contributed by atoms with Gasteiger partial charge in [0.05, 0.1) is 24.5 Å². The highest BCUT2D eigenvalue weighted by Crippen LogP contribution is 2.26. The van der Waals surface area contributed by atoms with Crippen LogP contribution in [0.4, 0.5) is 0 Å². The van der Waals surface area contributed by atoms with Crippen LogP contribution in [0.25, 0.3) is 0 Å². The fraction of sp³-hybridized carbons (Fsp3) is 0.263. The zero-order chi connectivity index (χ0) is 18.6. The van der Waals surface area contributed by atoms with Gasteiger partial charge in [-0.25, -0.2) is 8.42 Å². The molecule has 3 rings (SSSR count). The van der Waals surface area contributed by atoms with Crippen LogP contribution in [0, 0.1) is 6.92 Å². The fourth-order valence-electron chi connectivity index (χ4n) is 2.74. The summed E-state index contributed by atoms with van der Waals surface area (Å²) < 4.78 is 38.4. The van der Waals surface area contributed by atoms with Gasteiger partial charge in [-0.15, -0.1) is 11.3 Å². The number of hydrogen-bond acceptors (Lipinski definition) is 5. The molecule has 5 nitrogen and oxygen atoms in total. The quantitative estimate of drug-likeness (QED) is 0.580. The lowest BCUT2D eigenvalue weighted by molar-refractivity contribution is 0.406. The Kier molecular flexibility index (Phi) is 5.80. The van der Waals surface area contributed by atoms with Gasteiger partial charge in [0.25, 0.3) is 0 Å². The summed E-state index contributed by atoms with van der Waals surface area (Å²) in [6, 6.07) is 10.8. The first-order valence-corrected chi connectivity index (χ1v) is 10.5. The second kappa shape index (κ2) is 8.07. The van der Waals surface area contributed by atoms with Crippen LogP contribution in [0.5, 0.6) is 5.75 Å². The van der Waals surface area contributed by atoms with Crippen LogP contribution in [0.15, 0.2) is 63.6 Å². The molecule has 26 heavy (non-hydrogen) atoms. The third-order valence-corrected chi connectivity index (χ3v) is 7.07. The van der Waals surface area contributed by atoms with Crippen molar-refractivity contribution in [1.82, 2.24) is 4.31 Å². The molecule has 0 saturated heterocycles. The largest absolute Gasteiger partial charge is 0.497 e. The summed E-state index contributed by atoms with van der Waals surface area (Å²) in [5.74, 6) is 0.640. The third kappa shape index (κ3) is 4.17. The van der Waals surface area contributed by atoms with Crippen LogP contribution in [0.2, 0.25) is 0 Å². The molecule has 3 aromatic rings. The first-order valence-electron chi connectivity index (χ1n) is 8.19. The van der Waals surface area contributed by atoms with E-state index in [4.69, 9.17) is 9.15 Å². The second-order valence-electron chi connectivity index (χ2n) is 5.93. The van der Waals surface area contributed by atoms with Gasteiger partial charge < -0.3 is 9.15 Å². The summed E-state index contributed by atoms with van der Waals surface area (Å²) in [6.07, 6.45) is 3.80. The maximum Gasteiger partial charge on any atom is 0.243 e. The third-order valence-electron chi connectivity index (χ3n) is 4.13. The van der Waals surface area contributed by atoms with E-state index in [-0.39, 0.29) is 6.54 Å². The summed E-state index contributed by atoms with van der Waals surface area (Å²) in [6.45, 7) is 2.46. The van der Waals surface area contributed by atoms with Crippen LogP contribution in [-0.4, -0.2) is 26.4 Å². The van der Waals surface area contributed by atoms with E-state index in [2.05, 4.69) is 0 Å². The molecule has 0 N–H and O–H groups in total. The molecule has 0 fully saturated rings. The van der Waals surface area contributed by atoms with E-state index >= 15 is 0 Å². The summed E-state index contributed by atoms with van der Waals surface area (Å²) in [4.78, 5) is 1.46. The van der Waals surface area contributed by atoms with Crippen molar-refractivity contribution < 1.29 is 17.6 Å². The van der Waals surface area contributed by atoms with Crippen LogP contribution in [0.1, 0.15) is 16.0 Å². The van der Waals surface area contributed by atoms with Crippen molar-refractivity contribution >= 4 is 21.4 Å². The number of hydrogen-bond donors (Lipinski definition) is 0. The van der Waals surface area contributed by atoms with E-state index in [0.717, 1.165) is 10.4 Å². The molecule has 138 valence electrons. The van der Waals surface area contributed by atoms with Crippen molar-refractivity contribution in [2.75, 3.05) is 13.7 Å². The molecule has 0 aliphatic rings. The molecule has 0 radical (unpaired) electrons. The smallest absolute Gasteiger partial charge is 0.243 e. The van der Waals surface area contributed by atoms with Crippen molar-refractivity contribution in [1.29, 1.82) is 0 Å². The number of rotatable bonds is 8. The van der Waals surface area contributed by atoms with E-state index in [1.54, 1.807) is 62.2 Å². The van der Waals surface area contributed by atoms with Gasteiger partial charge in [-0.2, -0.15) is 4.31 Å². The number of methoxy groups -OCH3 is 1. The molecule has 0 spiro atoms. The Labute approximate surface area is 157 Å². The van der Waals surface area contributed by atoms with Gasteiger partial charge in [-0.05, 0) is 54.6 Å². The van der Waals surface area contributed by atoms with Gasteiger partial charge in [0.2, 0.25) is 10.0 Å². The number of aryl methyl sites for hydroxylation is 1. The molecular weight excluding hydrogens is 370 g/mol. The highest BCUT2D eigenvalue weighted by atomic mass is 32.2. The van der Waals surface area contributed by atoms with Gasteiger partial charge in [0.1, 0.15) is 5.75 Å². The zero-order valence-electron chi connectivity index (χ0n) is 14.7. The monoisotopic (exact) mass is 391 g/mol. The lowest BCUT2D eigenvalue weighted by Crippen LogP contribution is -2.32. The predicted octanol–water partition coefficient (Wildman–Crippen LogP) is 4.09.